The Balaban J connectivity index is 1.41. The number of rotatable bonds is 4. The minimum Gasteiger partial charge on any atom is -0.486 e. The van der Waals surface area contributed by atoms with E-state index in [1.54, 1.807) is 6.07 Å². The molecule has 148 valence electrons. The van der Waals surface area contributed by atoms with E-state index in [0.29, 0.717) is 37.0 Å². The van der Waals surface area contributed by atoms with Crippen LogP contribution in [0.1, 0.15) is 11.3 Å². The van der Waals surface area contributed by atoms with Crippen LogP contribution in [0.4, 0.5) is 0 Å². The summed E-state index contributed by atoms with van der Waals surface area (Å²) in [5.74, 6) is 0.995. The Kier molecular flexibility index (Phi) is 4.37. The summed E-state index contributed by atoms with van der Waals surface area (Å²) in [4.78, 5) is 4.80. The van der Waals surface area contributed by atoms with E-state index in [0.717, 1.165) is 16.9 Å². The number of ether oxygens (including phenoxy) is 2. The first-order chi connectivity index (χ1) is 14.1. The quantitative estimate of drug-likeness (QED) is 0.718. The lowest BCUT2D eigenvalue weighted by Gasteiger charge is -2.19. The Bertz CT molecular complexity index is 1210. The highest BCUT2D eigenvalue weighted by atomic mass is 32.2. The molecule has 1 N–H and O–H groups in total. The van der Waals surface area contributed by atoms with Crippen molar-refractivity contribution >= 4 is 15.7 Å². The van der Waals surface area contributed by atoms with Gasteiger partial charge in [-0.3, -0.25) is 4.99 Å². The van der Waals surface area contributed by atoms with Crippen LogP contribution in [-0.2, 0) is 16.6 Å². The number of aromatic nitrogens is 1. The van der Waals surface area contributed by atoms with Crippen LogP contribution in [-0.4, -0.2) is 38.5 Å². The Labute approximate surface area is 168 Å². The Morgan fingerprint density at radius 2 is 1.83 bits per heavy atom. The molecule has 0 fully saturated rings. The van der Waals surface area contributed by atoms with E-state index in [1.165, 1.54) is 12.1 Å². The van der Waals surface area contributed by atoms with E-state index in [4.69, 9.17) is 9.47 Å². The molecule has 3 aromatic rings. The molecule has 8 heteroatoms. The number of sulfonamides is 1. The molecule has 2 aliphatic heterocycles. The smallest absolute Gasteiger partial charge is 0.241 e. The lowest BCUT2D eigenvalue weighted by atomic mass is 10.2. The number of hydrogen-bond acceptors (Lipinski definition) is 5. The van der Waals surface area contributed by atoms with Crippen LogP contribution in [0.15, 0.2) is 70.7 Å². The van der Waals surface area contributed by atoms with Gasteiger partial charge in [0, 0.05) is 12.3 Å². The fourth-order valence-corrected chi connectivity index (χ4v) is 4.55. The Morgan fingerprint density at radius 3 is 2.72 bits per heavy atom. The minimum absolute atomic E-state index is 0.0920. The normalized spacial score (nSPS) is 15.1. The standard InChI is InChI=1S/C21H19N3O4S/c25-29(26,16-7-8-20-21(12-16)28-11-10-27-20)23-14-17-19-6-3-9-24(19)18-5-2-1-4-15(18)13-22-17/h1-9,12,23H,10-11,13-14H2. The second kappa shape index (κ2) is 7.06. The number of hydrogen-bond donors (Lipinski definition) is 1. The summed E-state index contributed by atoms with van der Waals surface area (Å²) in [6.07, 6.45) is 1.96. The SMILES string of the molecule is O=S(=O)(NCC1=NCc2ccccc2-n2cccc21)c1ccc2c(c1)OCCO2. The fourth-order valence-electron chi connectivity index (χ4n) is 3.55. The predicted molar refractivity (Wildman–Crippen MR) is 109 cm³/mol. The summed E-state index contributed by atoms with van der Waals surface area (Å²) >= 11 is 0. The molecule has 1 aromatic heterocycles. The van der Waals surface area contributed by atoms with Gasteiger partial charge in [-0.05, 0) is 35.9 Å². The Morgan fingerprint density at radius 1 is 1.00 bits per heavy atom. The van der Waals surface area contributed by atoms with E-state index in [-0.39, 0.29) is 11.4 Å². The molecule has 5 rings (SSSR count). The molecular weight excluding hydrogens is 390 g/mol. The first kappa shape index (κ1) is 18.0. The molecule has 2 aliphatic rings. The maximum Gasteiger partial charge on any atom is 0.241 e. The maximum absolute atomic E-state index is 12.8. The third-order valence-electron chi connectivity index (χ3n) is 4.99. The molecule has 2 aromatic carbocycles. The van der Waals surface area contributed by atoms with Crippen LogP contribution >= 0.6 is 0 Å². The van der Waals surface area contributed by atoms with Crippen molar-refractivity contribution in [1.29, 1.82) is 0 Å². The second-order valence-corrected chi connectivity index (χ2v) is 8.55. The van der Waals surface area contributed by atoms with Crippen LogP contribution in [0.3, 0.4) is 0 Å². The summed E-state index contributed by atoms with van der Waals surface area (Å²) in [5, 5.41) is 0. The van der Waals surface area contributed by atoms with Gasteiger partial charge in [-0.1, -0.05) is 18.2 Å². The van der Waals surface area contributed by atoms with Crippen LogP contribution in [0.2, 0.25) is 0 Å². The average molecular weight is 409 g/mol. The van der Waals surface area contributed by atoms with Crippen molar-refractivity contribution in [3.05, 3.63) is 72.1 Å². The molecule has 0 atom stereocenters. The maximum atomic E-state index is 12.8. The highest BCUT2D eigenvalue weighted by Gasteiger charge is 2.22. The number of nitrogens with one attached hydrogen (secondary N) is 1. The third kappa shape index (κ3) is 3.30. The number of fused-ring (bicyclic) bond motifs is 4. The molecule has 0 bridgehead atoms. The van der Waals surface area contributed by atoms with Crippen LogP contribution in [0.5, 0.6) is 11.5 Å². The van der Waals surface area contributed by atoms with Gasteiger partial charge >= 0.3 is 0 Å². The summed E-state index contributed by atoms with van der Waals surface area (Å²) in [6.45, 7) is 1.45. The molecule has 29 heavy (non-hydrogen) atoms. The molecule has 0 unspecified atom stereocenters. The van der Waals surface area contributed by atoms with Crippen molar-refractivity contribution in [2.45, 2.75) is 11.4 Å². The fraction of sp³-hybridized carbons (Fsp3) is 0.190. The van der Waals surface area contributed by atoms with E-state index >= 15 is 0 Å². The zero-order valence-corrected chi connectivity index (χ0v) is 16.4. The van der Waals surface area contributed by atoms with Crippen LogP contribution < -0.4 is 14.2 Å². The second-order valence-electron chi connectivity index (χ2n) is 6.79. The van der Waals surface area contributed by atoms with Crippen molar-refractivity contribution in [2.75, 3.05) is 19.8 Å². The van der Waals surface area contributed by atoms with E-state index in [9.17, 15) is 8.42 Å². The summed E-state index contributed by atoms with van der Waals surface area (Å²) < 4.78 is 41.4. The van der Waals surface area contributed by atoms with E-state index in [1.807, 2.05) is 47.2 Å². The van der Waals surface area contributed by atoms with Gasteiger partial charge in [-0.15, -0.1) is 0 Å². The minimum atomic E-state index is -3.73. The lowest BCUT2D eigenvalue weighted by molar-refractivity contribution is 0.171. The van der Waals surface area contributed by atoms with E-state index in [2.05, 4.69) is 9.71 Å². The number of para-hydroxylation sites is 1. The highest BCUT2D eigenvalue weighted by molar-refractivity contribution is 7.89. The number of benzene rings is 2. The van der Waals surface area contributed by atoms with Crippen molar-refractivity contribution in [3.8, 4) is 17.2 Å². The van der Waals surface area contributed by atoms with E-state index < -0.39 is 10.0 Å². The van der Waals surface area contributed by atoms with Gasteiger partial charge < -0.3 is 14.0 Å². The van der Waals surface area contributed by atoms with Gasteiger partial charge in [0.2, 0.25) is 10.0 Å². The van der Waals surface area contributed by atoms with Crippen molar-refractivity contribution in [3.63, 3.8) is 0 Å². The van der Waals surface area contributed by atoms with Gasteiger partial charge in [0.1, 0.15) is 13.2 Å². The predicted octanol–water partition coefficient (Wildman–Crippen LogP) is 2.53. The molecule has 0 spiro atoms. The third-order valence-corrected chi connectivity index (χ3v) is 6.39. The van der Waals surface area contributed by atoms with Gasteiger partial charge in [0.15, 0.2) is 11.5 Å². The molecule has 0 radical (unpaired) electrons. The number of nitrogens with zero attached hydrogens (tertiary/aromatic N) is 2. The summed E-state index contributed by atoms with van der Waals surface area (Å²) in [6, 6.07) is 16.5. The number of aliphatic imine (C=N–C) groups is 1. The van der Waals surface area contributed by atoms with Crippen molar-refractivity contribution in [2.24, 2.45) is 4.99 Å². The molecule has 0 saturated carbocycles. The molecule has 7 nitrogen and oxygen atoms in total. The van der Waals surface area contributed by atoms with Gasteiger partial charge in [-0.25, -0.2) is 13.1 Å². The largest absolute Gasteiger partial charge is 0.486 e. The molecule has 0 saturated heterocycles. The van der Waals surface area contributed by atoms with Crippen LogP contribution in [0, 0.1) is 0 Å². The Hall–Kier alpha value is -3.10. The highest BCUT2D eigenvalue weighted by Crippen LogP contribution is 2.32. The van der Waals surface area contributed by atoms with Gasteiger partial charge in [0.05, 0.1) is 35.1 Å². The summed E-state index contributed by atoms with van der Waals surface area (Å²) in [7, 11) is -3.73. The summed E-state index contributed by atoms with van der Waals surface area (Å²) in [5.41, 5.74) is 3.71. The van der Waals surface area contributed by atoms with Crippen molar-refractivity contribution in [1.82, 2.24) is 9.29 Å². The molecular formula is C21H19N3O4S. The lowest BCUT2D eigenvalue weighted by Crippen LogP contribution is -2.31. The molecule has 3 heterocycles. The van der Waals surface area contributed by atoms with Gasteiger partial charge in [0.25, 0.3) is 0 Å². The topological polar surface area (TPSA) is 81.9 Å². The first-order valence-corrected chi connectivity index (χ1v) is 10.8. The van der Waals surface area contributed by atoms with Crippen molar-refractivity contribution < 1.29 is 17.9 Å². The average Bonchev–Trinajstić information content (AvgIpc) is 3.18. The van der Waals surface area contributed by atoms with Gasteiger partial charge in [-0.2, -0.15) is 0 Å². The monoisotopic (exact) mass is 409 g/mol. The van der Waals surface area contributed by atoms with Crippen LogP contribution in [0.25, 0.3) is 5.69 Å². The first-order valence-electron chi connectivity index (χ1n) is 9.30. The molecule has 0 aliphatic carbocycles. The molecule has 0 amide bonds. The zero-order valence-electron chi connectivity index (χ0n) is 15.5. The zero-order chi connectivity index (χ0) is 19.8.